The first-order valence-corrected chi connectivity index (χ1v) is 20.5. The first-order valence-electron chi connectivity index (χ1n) is 20.5. The highest BCUT2D eigenvalue weighted by molar-refractivity contribution is 5.70. The molecule has 10 heteroatoms. The molecule has 0 amide bonds. The summed E-state index contributed by atoms with van der Waals surface area (Å²) in [5.74, 6) is -0.895. The van der Waals surface area contributed by atoms with Gasteiger partial charge in [0.1, 0.15) is 31.0 Å². The maximum Gasteiger partial charge on any atom is 0.306 e. The molecule has 1 aliphatic rings. The lowest BCUT2D eigenvalue weighted by Crippen LogP contribution is -2.59. The topological polar surface area (TPSA) is 152 Å². The molecule has 4 N–H and O–H groups in total. The number of aliphatic hydroxyl groups excluding tert-OH is 4. The van der Waals surface area contributed by atoms with Crippen LogP contribution in [-0.2, 0) is 28.5 Å². The van der Waals surface area contributed by atoms with E-state index in [2.05, 4.69) is 80.7 Å². The third-order valence-corrected chi connectivity index (χ3v) is 8.83. The van der Waals surface area contributed by atoms with Gasteiger partial charge in [0, 0.05) is 12.8 Å². The molecule has 1 saturated heterocycles. The van der Waals surface area contributed by atoms with Crippen LogP contribution in [0.25, 0.3) is 0 Å². The van der Waals surface area contributed by atoms with Crippen LogP contribution in [0.15, 0.2) is 72.9 Å². The van der Waals surface area contributed by atoms with Crippen molar-refractivity contribution in [2.24, 2.45) is 0 Å². The Kier molecular flexibility index (Phi) is 31.5. The van der Waals surface area contributed by atoms with Crippen LogP contribution in [0.1, 0.15) is 136 Å². The first kappa shape index (κ1) is 49.2. The van der Waals surface area contributed by atoms with E-state index in [4.69, 9.17) is 18.9 Å². The predicted octanol–water partition coefficient (Wildman–Crippen LogP) is 8.05. The van der Waals surface area contributed by atoms with Crippen molar-refractivity contribution < 1.29 is 49.0 Å². The van der Waals surface area contributed by atoms with Crippen LogP contribution in [0.3, 0.4) is 0 Å². The van der Waals surface area contributed by atoms with Crippen LogP contribution in [-0.4, -0.2) is 89.0 Å². The molecular weight excluding hydrogens is 688 g/mol. The van der Waals surface area contributed by atoms with E-state index in [1.807, 2.05) is 6.08 Å². The Morgan fingerprint density at radius 3 is 1.72 bits per heavy atom. The lowest BCUT2D eigenvalue weighted by molar-refractivity contribution is -0.305. The third kappa shape index (κ3) is 26.0. The Balaban J connectivity index is 2.42. The Morgan fingerprint density at radius 1 is 0.593 bits per heavy atom. The van der Waals surface area contributed by atoms with Gasteiger partial charge in [-0.3, -0.25) is 9.59 Å². The van der Waals surface area contributed by atoms with Crippen LogP contribution in [0.2, 0.25) is 0 Å². The predicted molar refractivity (Wildman–Crippen MR) is 214 cm³/mol. The van der Waals surface area contributed by atoms with E-state index >= 15 is 0 Å². The van der Waals surface area contributed by atoms with Crippen LogP contribution in [0.4, 0.5) is 0 Å². The SMILES string of the molecule is CC/C=C/C/C=C/C/C=C/C/C=C/C/C=C/CCCC(=O)OC[C@@H](CO[C@H]1O[C@@H](CO)[C@@H](O)C(O)C1O)OC(=O)CCCCCCC/C=C/CCCCC. The quantitative estimate of drug-likeness (QED) is 0.0301. The molecule has 0 saturated carbocycles. The summed E-state index contributed by atoms with van der Waals surface area (Å²) in [4.78, 5) is 25.2. The van der Waals surface area contributed by atoms with Crippen molar-refractivity contribution in [3.8, 4) is 0 Å². The summed E-state index contributed by atoms with van der Waals surface area (Å²) >= 11 is 0. The fourth-order valence-electron chi connectivity index (χ4n) is 5.57. The van der Waals surface area contributed by atoms with Gasteiger partial charge >= 0.3 is 11.9 Å². The smallest absolute Gasteiger partial charge is 0.306 e. The molecule has 0 aromatic heterocycles. The van der Waals surface area contributed by atoms with Crippen molar-refractivity contribution in [3.63, 3.8) is 0 Å². The van der Waals surface area contributed by atoms with E-state index in [0.29, 0.717) is 12.8 Å². The van der Waals surface area contributed by atoms with Gasteiger partial charge in [-0.25, -0.2) is 0 Å². The van der Waals surface area contributed by atoms with Crippen LogP contribution in [0.5, 0.6) is 0 Å². The lowest BCUT2D eigenvalue weighted by atomic mass is 9.99. The van der Waals surface area contributed by atoms with Crippen LogP contribution >= 0.6 is 0 Å². The number of carbonyl (C=O) groups is 2. The molecule has 0 radical (unpaired) electrons. The standard InChI is InChI=1S/C44H72O10/c1-3-5-7-9-11-13-15-17-18-19-20-21-23-24-26-28-30-32-39(46)51-35-37(36-52-44-43(50)42(49)41(48)38(34-45)54-44)53-40(47)33-31-29-27-25-22-16-14-12-10-8-6-4-2/h5,7,11-14,17-18,20-21,24,26,37-38,41-45,48-50H,3-4,6,8-10,15-16,19,22-23,25,27-36H2,1-2H3/b7-5+,13-11+,14-12+,18-17+,21-20+,26-24+/t37-,38-,41+,42?,43?,44-/m0/s1. The molecule has 0 aliphatic carbocycles. The molecule has 1 aliphatic heterocycles. The molecular formula is C44H72O10. The number of carbonyl (C=O) groups excluding carboxylic acids is 2. The number of esters is 2. The number of ether oxygens (including phenoxy) is 4. The maximum atomic E-state index is 12.7. The van der Waals surface area contributed by atoms with E-state index in [-0.39, 0.29) is 26.1 Å². The third-order valence-electron chi connectivity index (χ3n) is 8.83. The monoisotopic (exact) mass is 761 g/mol. The molecule has 0 aromatic rings. The van der Waals surface area contributed by atoms with Gasteiger partial charge in [-0.15, -0.1) is 0 Å². The highest BCUT2D eigenvalue weighted by atomic mass is 16.7. The van der Waals surface area contributed by atoms with Gasteiger partial charge in [-0.2, -0.15) is 0 Å². The van der Waals surface area contributed by atoms with Crippen LogP contribution < -0.4 is 0 Å². The van der Waals surface area contributed by atoms with Gasteiger partial charge in [0.05, 0.1) is 13.2 Å². The van der Waals surface area contributed by atoms with Gasteiger partial charge in [0.15, 0.2) is 12.4 Å². The molecule has 1 fully saturated rings. The minimum absolute atomic E-state index is 0.192. The Bertz CT molecular complexity index is 1110. The molecule has 0 aromatic carbocycles. The lowest BCUT2D eigenvalue weighted by Gasteiger charge is -2.39. The number of unbranched alkanes of at least 4 members (excludes halogenated alkanes) is 9. The summed E-state index contributed by atoms with van der Waals surface area (Å²) in [6, 6.07) is 0. The summed E-state index contributed by atoms with van der Waals surface area (Å²) in [6.45, 7) is 3.19. The fraction of sp³-hybridized carbons (Fsp3) is 0.682. The highest BCUT2D eigenvalue weighted by Crippen LogP contribution is 2.22. The fourth-order valence-corrected chi connectivity index (χ4v) is 5.57. The van der Waals surface area contributed by atoms with Crippen LogP contribution in [0, 0.1) is 0 Å². The van der Waals surface area contributed by atoms with Crippen molar-refractivity contribution in [3.05, 3.63) is 72.9 Å². The number of aliphatic hydroxyl groups is 4. The number of hydrogen-bond donors (Lipinski definition) is 4. The zero-order chi connectivity index (χ0) is 39.5. The van der Waals surface area contributed by atoms with E-state index in [1.54, 1.807) is 0 Å². The molecule has 0 spiro atoms. The second-order valence-corrected chi connectivity index (χ2v) is 13.7. The Morgan fingerprint density at radius 2 is 1.11 bits per heavy atom. The highest BCUT2D eigenvalue weighted by Gasteiger charge is 2.44. The Labute approximate surface area is 325 Å². The largest absolute Gasteiger partial charge is 0.462 e. The average molecular weight is 761 g/mol. The van der Waals surface area contributed by atoms with Gasteiger partial charge in [0.25, 0.3) is 0 Å². The molecule has 308 valence electrons. The molecule has 0 bridgehead atoms. The first-order chi connectivity index (χ1) is 26.3. The second kappa shape index (κ2) is 34.6. The van der Waals surface area contributed by atoms with E-state index < -0.39 is 55.4 Å². The van der Waals surface area contributed by atoms with Gasteiger partial charge in [-0.1, -0.05) is 119 Å². The second-order valence-electron chi connectivity index (χ2n) is 13.7. The normalized spacial score (nSPS) is 21.5. The number of hydrogen-bond acceptors (Lipinski definition) is 10. The summed E-state index contributed by atoms with van der Waals surface area (Å²) in [5, 5.41) is 40.0. The molecule has 2 unspecified atom stereocenters. The number of rotatable bonds is 32. The van der Waals surface area contributed by atoms with E-state index in [1.165, 1.54) is 19.3 Å². The van der Waals surface area contributed by atoms with Crippen molar-refractivity contribution in [2.45, 2.75) is 173 Å². The van der Waals surface area contributed by atoms with Crippen molar-refractivity contribution in [1.29, 1.82) is 0 Å². The summed E-state index contributed by atoms with van der Waals surface area (Å²) in [5.41, 5.74) is 0. The molecule has 6 atom stereocenters. The minimum Gasteiger partial charge on any atom is -0.462 e. The zero-order valence-corrected chi connectivity index (χ0v) is 33.2. The summed E-state index contributed by atoms with van der Waals surface area (Å²) in [6.07, 6.45) is 34.9. The average Bonchev–Trinajstić information content (AvgIpc) is 3.17. The number of allylic oxidation sites excluding steroid dienone is 12. The molecule has 10 nitrogen and oxygen atoms in total. The van der Waals surface area contributed by atoms with Crippen molar-refractivity contribution in [1.82, 2.24) is 0 Å². The van der Waals surface area contributed by atoms with E-state index in [0.717, 1.165) is 77.0 Å². The zero-order valence-electron chi connectivity index (χ0n) is 33.2. The summed E-state index contributed by atoms with van der Waals surface area (Å²) < 4.78 is 22.0. The van der Waals surface area contributed by atoms with Gasteiger partial charge in [-0.05, 0) is 77.0 Å². The van der Waals surface area contributed by atoms with Crippen molar-refractivity contribution >= 4 is 11.9 Å². The summed E-state index contributed by atoms with van der Waals surface area (Å²) in [7, 11) is 0. The minimum atomic E-state index is -1.61. The Hall–Kier alpha value is -2.86. The van der Waals surface area contributed by atoms with Gasteiger partial charge < -0.3 is 39.4 Å². The van der Waals surface area contributed by atoms with Crippen molar-refractivity contribution in [2.75, 3.05) is 19.8 Å². The molecule has 54 heavy (non-hydrogen) atoms. The van der Waals surface area contributed by atoms with E-state index in [9.17, 15) is 30.0 Å². The molecule has 1 rings (SSSR count). The maximum absolute atomic E-state index is 12.7. The van der Waals surface area contributed by atoms with Gasteiger partial charge in [0.2, 0.25) is 0 Å². The molecule has 1 heterocycles.